The summed E-state index contributed by atoms with van der Waals surface area (Å²) in [6.07, 6.45) is 1.20. The summed E-state index contributed by atoms with van der Waals surface area (Å²) >= 11 is 0. The van der Waals surface area contributed by atoms with Crippen molar-refractivity contribution in [1.82, 2.24) is 0 Å². The van der Waals surface area contributed by atoms with Gasteiger partial charge in [0.05, 0.1) is 6.04 Å². The summed E-state index contributed by atoms with van der Waals surface area (Å²) in [4.78, 5) is 13.6. The molecule has 1 aliphatic heterocycles. The van der Waals surface area contributed by atoms with Crippen LogP contribution in [0.15, 0.2) is 96.6 Å². The predicted molar refractivity (Wildman–Crippen MR) is 127 cm³/mol. The Morgan fingerprint density at radius 3 is 2.38 bits per heavy atom. The highest BCUT2D eigenvalue weighted by Crippen LogP contribution is 2.51. The standard InChI is InChI=1S/C29H22FNO/c30-24-13-7-6-12-22(24)29-28-23(16-20(17-26(28)32)18-8-2-1-3-9-18)27-21-11-5-4-10-19(21)14-15-25(27)31-29/h1-15,20,29,31H,16-17H2/t20-,29-/m0/s1. The number of nitrogens with one attached hydrogen (secondary N) is 1. The monoisotopic (exact) mass is 419 g/mol. The summed E-state index contributed by atoms with van der Waals surface area (Å²) in [5.74, 6) is -0.0767. The number of fused-ring (bicyclic) bond motifs is 4. The van der Waals surface area contributed by atoms with Crippen LogP contribution in [0.4, 0.5) is 10.1 Å². The fraction of sp³-hybridized carbons (Fsp3) is 0.138. The lowest BCUT2D eigenvalue weighted by atomic mass is 9.71. The molecule has 32 heavy (non-hydrogen) atoms. The van der Waals surface area contributed by atoms with E-state index in [1.807, 2.05) is 36.4 Å². The normalized spacial score (nSPS) is 20.0. The Hall–Kier alpha value is -3.72. The van der Waals surface area contributed by atoms with Crippen molar-refractivity contribution in [3.05, 3.63) is 119 Å². The Kier molecular flexibility index (Phi) is 4.43. The summed E-state index contributed by atoms with van der Waals surface area (Å²) in [6.45, 7) is 0. The summed E-state index contributed by atoms with van der Waals surface area (Å²) in [7, 11) is 0. The molecule has 2 nitrogen and oxygen atoms in total. The summed E-state index contributed by atoms with van der Waals surface area (Å²) in [5, 5.41) is 5.77. The van der Waals surface area contributed by atoms with Gasteiger partial charge in [-0.05, 0) is 46.4 Å². The van der Waals surface area contributed by atoms with Gasteiger partial charge in [0, 0.05) is 28.8 Å². The second-order valence-electron chi connectivity index (χ2n) is 8.64. The highest BCUT2D eigenvalue weighted by atomic mass is 19.1. The lowest BCUT2D eigenvalue weighted by Crippen LogP contribution is -2.30. The van der Waals surface area contributed by atoms with Gasteiger partial charge in [0.15, 0.2) is 5.78 Å². The van der Waals surface area contributed by atoms with E-state index in [0.29, 0.717) is 17.6 Å². The van der Waals surface area contributed by atoms with Gasteiger partial charge in [-0.1, -0.05) is 78.9 Å². The van der Waals surface area contributed by atoms with E-state index in [1.165, 1.54) is 11.6 Å². The number of halogens is 1. The van der Waals surface area contributed by atoms with Crippen molar-refractivity contribution in [2.75, 3.05) is 5.32 Å². The van der Waals surface area contributed by atoms with Gasteiger partial charge in [-0.25, -0.2) is 4.39 Å². The Labute approximate surface area is 186 Å². The zero-order valence-corrected chi connectivity index (χ0v) is 17.5. The number of anilines is 1. The van der Waals surface area contributed by atoms with Crippen LogP contribution in [0.2, 0.25) is 0 Å². The SMILES string of the molecule is O=C1C[C@@H](c2ccccc2)CC2=C1[C@H](c1ccccc1F)Nc1ccc3ccccc3c12. The second-order valence-corrected chi connectivity index (χ2v) is 8.64. The molecule has 4 aromatic rings. The Morgan fingerprint density at radius 1 is 0.781 bits per heavy atom. The van der Waals surface area contributed by atoms with E-state index in [2.05, 4.69) is 41.7 Å². The van der Waals surface area contributed by atoms with E-state index in [-0.39, 0.29) is 17.5 Å². The number of hydrogen-bond donors (Lipinski definition) is 1. The maximum Gasteiger partial charge on any atom is 0.162 e. The molecule has 6 rings (SSSR count). The van der Waals surface area contributed by atoms with Crippen molar-refractivity contribution in [2.45, 2.75) is 24.8 Å². The smallest absolute Gasteiger partial charge is 0.162 e. The minimum atomic E-state index is -0.482. The molecule has 1 heterocycles. The number of hydrogen-bond acceptors (Lipinski definition) is 2. The highest BCUT2D eigenvalue weighted by Gasteiger charge is 2.39. The van der Waals surface area contributed by atoms with Gasteiger partial charge in [-0.15, -0.1) is 0 Å². The van der Waals surface area contributed by atoms with Gasteiger partial charge in [0.25, 0.3) is 0 Å². The van der Waals surface area contributed by atoms with Crippen LogP contribution in [0.1, 0.15) is 41.5 Å². The van der Waals surface area contributed by atoms with Crippen LogP contribution in [0, 0.1) is 5.82 Å². The first-order valence-electron chi connectivity index (χ1n) is 11.0. The molecule has 156 valence electrons. The molecule has 1 N–H and O–H groups in total. The summed E-state index contributed by atoms with van der Waals surface area (Å²) in [6, 6.07) is 28.9. The summed E-state index contributed by atoms with van der Waals surface area (Å²) in [5.41, 5.74) is 5.50. The number of ketones is 1. The molecule has 2 atom stereocenters. The van der Waals surface area contributed by atoms with Crippen LogP contribution in [0.5, 0.6) is 0 Å². The Morgan fingerprint density at radius 2 is 1.53 bits per heavy atom. The lowest BCUT2D eigenvalue weighted by molar-refractivity contribution is -0.116. The van der Waals surface area contributed by atoms with Crippen molar-refractivity contribution < 1.29 is 9.18 Å². The predicted octanol–water partition coefficient (Wildman–Crippen LogP) is 7.05. The first-order chi connectivity index (χ1) is 15.7. The van der Waals surface area contributed by atoms with Crippen LogP contribution in [-0.2, 0) is 4.79 Å². The number of Topliss-reactive ketones (excluding diaryl/α,β-unsaturated/α-hetero) is 1. The first kappa shape index (κ1) is 19.0. The van der Waals surface area contributed by atoms with Gasteiger partial charge < -0.3 is 5.32 Å². The number of allylic oxidation sites excluding steroid dienone is 1. The van der Waals surface area contributed by atoms with E-state index in [1.54, 1.807) is 12.1 Å². The molecule has 0 saturated carbocycles. The zero-order valence-electron chi connectivity index (χ0n) is 17.5. The molecular weight excluding hydrogens is 397 g/mol. The number of benzene rings is 4. The van der Waals surface area contributed by atoms with Gasteiger partial charge in [0.2, 0.25) is 0 Å². The van der Waals surface area contributed by atoms with Crippen molar-refractivity contribution in [1.29, 1.82) is 0 Å². The molecule has 0 unspecified atom stereocenters. The van der Waals surface area contributed by atoms with Crippen LogP contribution in [-0.4, -0.2) is 5.78 Å². The van der Waals surface area contributed by atoms with E-state index in [0.717, 1.165) is 34.0 Å². The third-order valence-corrected chi connectivity index (χ3v) is 6.81. The number of carbonyl (C=O) groups excluding carboxylic acids is 1. The fourth-order valence-electron chi connectivity index (χ4n) is 5.35. The average Bonchev–Trinajstić information content (AvgIpc) is 2.84. The van der Waals surface area contributed by atoms with Crippen LogP contribution < -0.4 is 5.32 Å². The zero-order chi connectivity index (χ0) is 21.7. The molecule has 3 heteroatoms. The number of carbonyl (C=O) groups is 1. The van der Waals surface area contributed by atoms with Crippen molar-refractivity contribution in [2.24, 2.45) is 0 Å². The van der Waals surface area contributed by atoms with E-state index >= 15 is 0 Å². The molecule has 0 bridgehead atoms. The Bertz CT molecular complexity index is 1390. The molecular formula is C29H22FNO. The van der Waals surface area contributed by atoms with E-state index < -0.39 is 6.04 Å². The summed E-state index contributed by atoms with van der Waals surface area (Å²) < 4.78 is 14.9. The van der Waals surface area contributed by atoms with E-state index in [4.69, 9.17) is 0 Å². The first-order valence-corrected chi connectivity index (χ1v) is 11.0. The third kappa shape index (κ3) is 2.96. The molecule has 0 fully saturated rings. The van der Waals surface area contributed by atoms with Crippen molar-refractivity contribution >= 4 is 27.8 Å². The highest BCUT2D eigenvalue weighted by molar-refractivity contribution is 6.13. The molecule has 0 amide bonds. The molecule has 0 saturated heterocycles. The van der Waals surface area contributed by atoms with Crippen LogP contribution >= 0.6 is 0 Å². The lowest BCUT2D eigenvalue weighted by Gasteiger charge is -2.37. The molecule has 1 aliphatic carbocycles. The molecule has 0 aromatic heterocycles. The topological polar surface area (TPSA) is 29.1 Å². The average molecular weight is 419 g/mol. The van der Waals surface area contributed by atoms with Gasteiger partial charge in [0.1, 0.15) is 5.82 Å². The van der Waals surface area contributed by atoms with Crippen molar-refractivity contribution in [3.63, 3.8) is 0 Å². The van der Waals surface area contributed by atoms with E-state index in [9.17, 15) is 9.18 Å². The number of rotatable bonds is 2. The minimum absolute atomic E-state index is 0.0967. The molecule has 2 aliphatic rings. The maximum atomic E-state index is 14.9. The molecule has 0 spiro atoms. The molecule has 4 aromatic carbocycles. The quantitative estimate of drug-likeness (QED) is 0.377. The largest absolute Gasteiger partial charge is 0.373 e. The second kappa shape index (κ2) is 7.45. The fourth-order valence-corrected chi connectivity index (χ4v) is 5.35. The van der Waals surface area contributed by atoms with Gasteiger partial charge >= 0.3 is 0 Å². The van der Waals surface area contributed by atoms with Crippen LogP contribution in [0.3, 0.4) is 0 Å². The van der Waals surface area contributed by atoms with Crippen LogP contribution in [0.25, 0.3) is 16.3 Å². The third-order valence-electron chi connectivity index (χ3n) is 6.81. The molecule has 0 radical (unpaired) electrons. The minimum Gasteiger partial charge on any atom is -0.373 e. The van der Waals surface area contributed by atoms with Crippen molar-refractivity contribution in [3.8, 4) is 0 Å². The van der Waals surface area contributed by atoms with Gasteiger partial charge in [-0.2, -0.15) is 0 Å². The Balaban J connectivity index is 1.60. The maximum absolute atomic E-state index is 14.9. The van der Waals surface area contributed by atoms with Gasteiger partial charge in [-0.3, -0.25) is 4.79 Å².